The molecule has 36 heavy (non-hydrogen) atoms. The fourth-order valence-corrected chi connectivity index (χ4v) is 4.53. The number of fused-ring (bicyclic) bond motifs is 1. The van der Waals surface area contributed by atoms with Gasteiger partial charge in [-0.15, -0.1) is 0 Å². The predicted molar refractivity (Wildman–Crippen MR) is 145 cm³/mol. The minimum atomic E-state index is -0.595. The number of nitrogens with one attached hydrogen (secondary N) is 2. The molecule has 1 aromatic heterocycles. The molecule has 3 aromatic carbocycles. The fraction of sp³-hybridized carbons (Fsp3) is 0.0370. The van der Waals surface area contributed by atoms with Gasteiger partial charge < -0.3 is 9.88 Å². The zero-order chi connectivity index (χ0) is 25.2. The number of halogens is 1. The number of amides is 3. The Balaban J connectivity index is 1.49. The molecule has 1 fully saturated rings. The summed E-state index contributed by atoms with van der Waals surface area (Å²) in [5, 5.41) is 6.65. The summed E-state index contributed by atoms with van der Waals surface area (Å²) in [6, 6.07) is 23.3. The summed E-state index contributed by atoms with van der Waals surface area (Å²) in [5.41, 5.74) is 2.47. The van der Waals surface area contributed by atoms with E-state index >= 15 is 0 Å². The SMILES string of the molecule is O=C(Cn1cc(/C=C2\C(=O)NC(=S)N(c3cccc(Cl)c3)C2=O)c2ccccc21)Nc1ccccc1. The normalized spacial score (nSPS) is 14.9. The maximum Gasteiger partial charge on any atom is 0.270 e. The number of benzene rings is 3. The first-order chi connectivity index (χ1) is 17.4. The van der Waals surface area contributed by atoms with E-state index < -0.39 is 11.8 Å². The lowest BCUT2D eigenvalue weighted by atomic mass is 10.1. The van der Waals surface area contributed by atoms with Crippen molar-refractivity contribution < 1.29 is 14.4 Å². The summed E-state index contributed by atoms with van der Waals surface area (Å²) in [6.45, 7) is 0.0530. The van der Waals surface area contributed by atoms with E-state index in [9.17, 15) is 14.4 Å². The standard InChI is InChI=1S/C27H19ClN4O3S/c28-18-7-6-10-20(14-18)32-26(35)22(25(34)30-27(32)36)13-17-15-31(23-12-5-4-11-21(17)23)16-24(33)29-19-8-2-1-3-9-19/h1-15H,16H2,(H,29,33)(H,30,34,36)/b22-13+. The van der Waals surface area contributed by atoms with Crippen LogP contribution in [0.15, 0.2) is 90.6 Å². The Morgan fingerprint density at radius 3 is 2.53 bits per heavy atom. The molecule has 0 atom stereocenters. The third-order valence-electron chi connectivity index (χ3n) is 5.66. The average Bonchev–Trinajstić information content (AvgIpc) is 3.19. The molecular weight excluding hydrogens is 496 g/mol. The van der Waals surface area contributed by atoms with Crippen LogP contribution in [0.3, 0.4) is 0 Å². The van der Waals surface area contributed by atoms with Crippen molar-refractivity contribution in [2.24, 2.45) is 0 Å². The summed E-state index contributed by atoms with van der Waals surface area (Å²) in [6.07, 6.45) is 3.27. The molecule has 3 amide bonds. The van der Waals surface area contributed by atoms with Gasteiger partial charge in [-0.25, -0.2) is 0 Å². The molecule has 1 aliphatic heterocycles. The largest absolute Gasteiger partial charge is 0.337 e. The Morgan fingerprint density at radius 2 is 1.75 bits per heavy atom. The van der Waals surface area contributed by atoms with Crippen molar-refractivity contribution >= 4 is 75.0 Å². The van der Waals surface area contributed by atoms with E-state index in [2.05, 4.69) is 10.6 Å². The second kappa shape index (κ2) is 9.77. The van der Waals surface area contributed by atoms with Crippen LogP contribution >= 0.6 is 23.8 Å². The number of carbonyl (C=O) groups is 3. The molecule has 1 saturated heterocycles. The van der Waals surface area contributed by atoms with Gasteiger partial charge in [0.05, 0.1) is 5.69 Å². The van der Waals surface area contributed by atoms with Gasteiger partial charge in [-0.05, 0) is 54.7 Å². The first-order valence-electron chi connectivity index (χ1n) is 11.0. The molecule has 0 radical (unpaired) electrons. The number of rotatable bonds is 5. The maximum absolute atomic E-state index is 13.4. The summed E-state index contributed by atoms with van der Waals surface area (Å²) >= 11 is 11.4. The Kier molecular flexibility index (Phi) is 6.37. The highest BCUT2D eigenvalue weighted by molar-refractivity contribution is 7.80. The first-order valence-corrected chi connectivity index (χ1v) is 11.8. The zero-order valence-corrected chi connectivity index (χ0v) is 20.3. The zero-order valence-electron chi connectivity index (χ0n) is 18.8. The van der Waals surface area contributed by atoms with Gasteiger partial charge in [-0.3, -0.25) is 24.6 Å². The minimum Gasteiger partial charge on any atom is -0.337 e. The number of hydrogen-bond donors (Lipinski definition) is 2. The molecule has 2 N–H and O–H groups in total. The smallest absolute Gasteiger partial charge is 0.270 e. The fourth-order valence-electron chi connectivity index (χ4n) is 4.06. The summed E-state index contributed by atoms with van der Waals surface area (Å²) in [7, 11) is 0. The molecule has 0 bridgehead atoms. The van der Waals surface area contributed by atoms with E-state index in [1.807, 2.05) is 54.6 Å². The van der Waals surface area contributed by atoms with E-state index in [1.54, 1.807) is 35.0 Å². The van der Waals surface area contributed by atoms with Crippen LogP contribution in [-0.4, -0.2) is 27.4 Å². The predicted octanol–water partition coefficient (Wildman–Crippen LogP) is 4.76. The second-order valence-corrected chi connectivity index (χ2v) is 8.90. The molecule has 1 aliphatic rings. The van der Waals surface area contributed by atoms with Gasteiger partial charge >= 0.3 is 0 Å². The van der Waals surface area contributed by atoms with Gasteiger partial charge in [0.2, 0.25) is 5.91 Å². The third kappa shape index (κ3) is 4.64. The highest BCUT2D eigenvalue weighted by atomic mass is 35.5. The topological polar surface area (TPSA) is 83.4 Å². The van der Waals surface area contributed by atoms with Crippen molar-refractivity contribution in [2.75, 3.05) is 10.2 Å². The van der Waals surface area contributed by atoms with Crippen molar-refractivity contribution in [2.45, 2.75) is 6.54 Å². The molecule has 5 rings (SSSR count). The second-order valence-electron chi connectivity index (χ2n) is 8.08. The van der Waals surface area contributed by atoms with Crippen molar-refractivity contribution in [3.8, 4) is 0 Å². The molecule has 4 aromatic rings. The number of hydrogen-bond acceptors (Lipinski definition) is 4. The van der Waals surface area contributed by atoms with Crippen LogP contribution in [0.1, 0.15) is 5.56 Å². The van der Waals surface area contributed by atoms with Crippen LogP contribution in [0.25, 0.3) is 17.0 Å². The molecule has 178 valence electrons. The Morgan fingerprint density at radius 1 is 1.00 bits per heavy atom. The number of carbonyl (C=O) groups excluding carboxylic acids is 3. The highest BCUT2D eigenvalue weighted by Gasteiger charge is 2.34. The number of anilines is 2. The average molecular weight is 515 g/mol. The molecule has 0 saturated carbocycles. The molecule has 0 aliphatic carbocycles. The van der Waals surface area contributed by atoms with Crippen molar-refractivity contribution in [1.82, 2.24) is 9.88 Å². The summed E-state index contributed by atoms with van der Waals surface area (Å²) < 4.78 is 1.78. The van der Waals surface area contributed by atoms with E-state index in [-0.39, 0.29) is 23.1 Å². The molecule has 0 unspecified atom stereocenters. The number of thiocarbonyl (C=S) groups is 1. The van der Waals surface area contributed by atoms with E-state index in [0.29, 0.717) is 22.0 Å². The van der Waals surface area contributed by atoms with Gasteiger partial charge in [0.15, 0.2) is 5.11 Å². The van der Waals surface area contributed by atoms with Gasteiger partial charge in [0.25, 0.3) is 11.8 Å². The monoisotopic (exact) mass is 514 g/mol. The van der Waals surface area contributed by atoms with Crippen LogP contribution < -0.4 is 15.5 Å². The van der Waals surface area contributed by atoms with E-state index in [1.165, 1.54) is 11.0 Å². The van der Waals surface area contributed by atoms with Crippen LogP contribution in [0.5, 0.6) is 0 Å². The lowest BCUT2D eigenvalue weighted by molar-refractivity contribution is -0.122. The van der Waals surface area contributed by atoms with Crippen LogP contribution in [0.4, 0.5) is 11.4 Å². The lowest BCUT2D eigenvalue weighted by Gasteiger charge is -2.29. The molecule has 2 heterocycles. The Bertz CT molecular complexity index is 1560. The van der Waals surface area contributed by atoms with Crippen molar-refractivity contribution in [3.63, 3.8) is 0 Å². The van der Waals surface area contributed by atoms with Gasteiger partial charge in [-0.1, -0.05) is 54.1 Å². The third-order valence-corrected chi connectivity index (χ3v) is 6.18. The number of para-hydroxylation sites is 2. The van der Waals surface area contributed by atoms with Crippen molar-refractivity contribution in [1.29, 1.82) is 0 Å². The molecule has 9 heteroatoms. The summed E-state index contributed by atoms with van der Waals surface area (Å²) in [4.78, 5) is 40.1. The van der Waals surface area contributed by atoms with Crippen molar-refractivity contribution in [3.05, 3.63) is 101 Å². The van der Waals surface area contributed by atoms with Crippen LogP contribution in [0.2, 0.25) is 5.02 Å². The van der Waals surface area contributed by atoms with Crippen LogP contribution in [-0.2, 0) is 20.9 Å². The Labute approximate surface area is 217 Å². The van der Waals surface area contributed by atoms with Gasteiger partial charge in [0.1, 0.15) is 12.1 Å². The van der Waals surface area contributed by atoms with Gasteiger partial charge in [0, 0.05) is 33.4 Å². The van der Waals surface area contributed by atoms with Gasteiger partial charge in [-0.2, -0.15) is 0 Å². The van der Waals surface area contributed by atoms with Crippen LogP contribution in [0, 0.1) is 0 Å². The lowest BCUT2D eigenvalue weighted by Crippen LogP contribution is -2.54. The quantitative estimate of drug-likeness (QED) is 0.228. The first kappa shape index (κ1) is 23.5. The Hall–Kier alpha value is -4.27. The minimum absolute atomic E-state index is 0.0237. The number of aromatic nitrogens is 1. The summed E-state index contributed by atoms with van der Waals surface area (Å²) in [5.74, 6) is -1.36. The molecule has 0 spiro atoms. The van der Waals surface area contributed by atoms with E-state index in [0.717, 1.165) is 10.9 Å². The highest BCUT2D eigenvalue weighted by Crippen LogP contribution is 2.28. The van der Waals surface area contributed by atoms with E-state index in [4.69, 9.17) is 23.8 Å². The molecule has 7 nitrogen and oxygen atoms in total. The maximum atomic E-state index is 13.4. The molecular formula is C27H19ClN4O3S. The number of nitrogens with zero attached hydrogens (tertiary/aromatic N) is 2.